The summed E-state index contributed by atoms with van der Waals surface area (Å²) in [5, 5.41) is 0. The van der Waals surface area contributed by atoms with Gasteiger partial charge in [0.25, 0.3) is 0 Å². The van der Waals surface area contributed by atoms with Gasteiger partial charge in [0.1, 0.15) is 0 Å². The van der Waals surface area contributed by atoms with Crippen LogP contribution in [0.1, 0.15) is 10.6 Å². The zero-order valence-electron chi connectivity index (χ0n) is 8.41. The first-order chi connectivity index (χ1) is 6.22. The van der Waals surface area contributed by atoms with Gasteiger partial charge in [-0.2, -0.15) is 4.37 Å². The number of aryl methyl sites for hydroxylation is 1. The van der Waals surface area contributed by atoms with Crippen LogP contribution in [0.15, 0.2) is 6.07 Å². The van der Waals surface area contributed by atoms with Crippen LogP contribution in [-0.4, -0.2) is 36.6 Å². The number of methoxy groups -OCH3 is 1. The van der Waals surface area contributed by atoms with Crippen LogP contribution in [0.2, 0.25) is 0 Å². The minimum absolute atomic E-state index is 0.777. The molecule has 0 aliphatic carbocycles. The number of hydrogen-bond donors (Lipinski definition) is 0. The van der Waals surface area contributed by atoms with Crippen molar-refractivity contribution in [1.82, 2.24) is 9.27 Å². The van der Waals surface area contributed by atoms with Crippen molar-refractivity contribution in [3.8, 4) is 0 Å². The molecule has 4 heteroatoms. The maximum atomic E-state index is 5.00. The van der Waals surface area contributed by atoms with E-state index in [1.165, 1.54) is 4.88 Å². The third-order valence-electron chi connectivity index (χ3n) is 1.79. The van der Waals surface area contributed by atoms with Gasteiger partial charge < -0.3 is 4.74 Å². The summed E-state index contributed by atoms with van der Waals surface area (Å²) >= 11 is 1.56. The molecule has 0 saturated heterocycles. The van der Waals surface area contributed by atoms with Gasteiger partial charge in [0.05, 0.1) is 12.3 Å². The highest BCUT2D eigenvalue weighted by molar-refractivity contribution is 7.05. The summed E-state index contributed by atoms with van der Waals surface area (Å²) in [5.74, 6) is 0. The Bertz CT molecular complexity index is 250. The SMILES string of the molecule is COCCN(C)Cc1cc(C)sn1. The zero-order valence-corrected chi connectivity index (χ0v) is 9.23. The van der Waals surface area contributed by atoms with E-state index in [9.17, 15) is 0 Å². The van der Waals surface area contributed by atoms with Gasteiger partial charge in [0.15, 0.2) is 0 Å². The highest BCUT2D eigenvalue weighted by Crippen LogP contribution is 2.09. The number of likely N-dealkylation sites (N-methyl/N-ethyl adjacent to an activating group) is 1. The second-order valence-electron chi connectivity index (χ2n) is 3.16. The van der Waals surface area contributed by atoms with Crippen LogP contribution < -0.4 is 0 Å². The van der Waals surface area contributed by atoms with E-state index in [2.05, 4.69) is 29.3 Å². The third kappa shape index (κ3) is 3.85. The van der Waals surface area contributed by atoms with Gasteiger partial charge in [-0.25, -0.2) is 0 Å². The van der Waals surface area contributed by atoms with Crippen molar-refractivity contribution in [2.45, 2.75) is 13.5 Å². The van der Waals surface area contributed by atoms with Crippen LogP contribution in [-0.2, 0) is 11.3 Å². The van der Waals surface area contributed by atoms with Crippen molar-refractivity contribution in [2.75, 3.05) is 27.3 Å². The number of hydrogen-bond acceptors (Lipinski definition) is 4. The first-order valence-electron chi connectivity index (χ1n) is 4.32. The van der Waals surface area contributed by atoms with Crippen LogP contribution in [0, 0.1) is 6.92 Å². The Balaban J connectivity index is 2.31. The Labute approximate surface area is 83.5 Å². The molecule has 0 fully saturated rings. The molecule has 1 heterocycles. The Morgan fingerprint density at radius 1 is 1.62 bits per heavy atom. The van der Waals surface area contributed by atoms with Crippen LogP contribution in [0.3, 0.4) is 0 Å². The van der Waals surface area contributed by atoms with E-state index in [4.69, 9.17) is 4.74 Å². The monoisotopic (exact) mass is 200 g/mol. The minimum atomic E-state index is 0.777. The molecule has 1 aromatic rings. The molecule has 0 radical (unpaired) electrons. The number of rotatable bonds is 5. The molecule has 0 amide bonds. The van der Waals surface area contributed by atoms with E-state index in [1.807, 2.05) is 0 Å². The first-order valence-corrected chi connectivity index (χ1v) is 5.09. The summed E-state index contributed by atoms with van der Waals surface area (Å²) < 4.78 is 9.32. The maximum absolute atomic E-state index is 5.00. The fraction of sp³-hybridized carbons (Fsp3) is 0.667. The molecule has 0 aliphatic rings. The summed E-state index contributed by atoms with van der Waals surface area (Å²) in [6, 6.07) is 2.13. The molecule has 1 rings (SSSR count). The number of ether oxygens (including phenoxy) is 1. The summed E-state index contributed by atoms with van der Waals surface area (Å²) in [5.41, 5.74) is 1.15. The maximum Gasteiger partial charge on any atom is 0.0685 e. The largest absolute Gasteiger partial charge is 0.383 e. The average molecular weight is 200 g/mol. The average Bonchev–Trinajstić information content (AvgIpc) is 2.48. The lowest BCUT2D eigenvalue weighted by Crippen LogP contribution is -2.22. The topological polar surface area (TPSA) is 25.4 Å². The molecule has 0 N–H and O–H groups in total. The lowest BCUT2D eigenvalue weighted by molar-refractivity contribution is 0.158. The van der Waals surface area contributed by atoms with Crippen molar-refractivity contribution >= 4 is 11.5 Å². The van der Waals surface area contributed by atoms with Crippen molar-refractivity contribution in [1.29, 1.82) is 0 Å². The van der Waals surface area contributed by atoms with Crippen LogP contribution >= 0.6 is 11.5 Å². The second kappa shape index (κ2) is 5.32. The molecular formula is C9H16N2OS. The fourth-order valence-electron chi connectivity index (χ4n) is 1.10. The smallest absolute Gasteiger partial charge is 0.0685 e. The standard InChI is InChI=1S/C9H16N2OS/c1-8-6-9(10-13-8)7-11(2)4-5-12-3/h6H,4-5,7H2,1-3H3. The van der Waals surface area contributed by atoms with Crippen molar-refractivity contribution in [3.63, 3.8) is 0 Å². The fourth-order valence-corrected chi connectivity index (χ4v) is 1.66. The summed E-state index contributed by atoms with van der Waals surface area (Å²) in [6.45, 7) is 4.72. The molecule has 13 heavy (non-hydrogen) atoms. The van der Waals surface area contributed by atoms with Gasteiger partial charge in [-0.05, 0) is 31.6 Å². The summed E-state index contributed by atoms with van der Waals surface area (Å²) in [4.78, 5) is 3.48. The van der Waals surface area contributed by atoms with Crippen LogP contribution in [0.4, 0.5) is 0 Å². The van der Waals surface area contributed by atoms with Gasteiger partial charge in [-0.3, -0.25) is 4.90 Å². The molecule has 0 unspecified atom stereocenters. The van der Waals surface area contributed by atoms with Crippen LogP contribution in [0.5, 0.6) is 0 Å². The molecule has 0 bridgehead atoms. The molecule has 0 spiro atoms. The van der Waals surface area contributed by atoms with Gasteiger partial charge in [0.2, 0.25) is 0 Å². The normalized spacial score (nSPS) is 11.1. The molecule has 74 valence electrons. The highest BCUT2D eigenvalue weighted by Gasteiger charge is 2.02. The lowest BCUT2D eigenvalue weighted by atomic mass is 10.3. The van der Waals surface area contributed by atoms with E-state index in [0.717, 1.165) is 25.4 Å². The van der Waals surface area contributed by atoms with E-state index in [1.54, 1.807) is 18.6 Å². The quantitative estimate of drug-likeness (QED) is 0.720. The molecule has 0 saturated carbocycles. The predicted octanol–water partition coefficient (Wildman–Crippen LogP) is 1.53. The predicted molar refractivity (Wildman–Crippen MR) is 55.1 cm³/mol. The van der Waals surface area contributed by atoms with Crippen molar-refractivity contribution in [2.24, 2.45) is 0 Å². The molecule has 3 nitrogen and oxygen atoms in total. The Kier molecular flexibility index (Phi) is 4.35. The molecule has 1 aromatic heterocycles. The minimum Gasteiger partial charge on any atom is -0.383 e. The van der Waals surface area contributed by atoms with E-state index >= 15 is 0 Å². The Hall–Kier alpha value is -0.450. The highest BCUT2D eigenvalue weighted by atomic mass is 32.1. The summed E-state index contributed by atoms with van der Waals surface area (Å²) in [6.07, 6.45) is 0. The van der Waals surface area contributed by atoms with E-state index < -0.39 is 0 Å². The van der Waals surface area contributed by atoms with Crippen molar-refractivity contribution < 1.29 is 4.74 Å². The van der Waals surface area contributed by atoms with Gasteiger partial charge in [-0.1, -0.05) is 0 Å². The molecule has 0 aromatic carbocycles. The lowest BCUT2D eigenvalue weighted by Gasteiger charge is -2.13. The molecular weight excluding hydrogens is 184 g/mol. The number of nitrogens with zero attached hydrogens (tertiary/aromatic N) is 2. The third-order valence-corrected chi connectivity index (χ3v) is 2.52. The summed E-state index contributed by atoms with van der Waals surface area (Å²) in [7, 11) is 3.80. The molecule has 0 atom stereocenters. The number of aromatic nitrogens is 1. The Morgan fingerprint density at radius 3 is 2.92 bits per heavy atom. The van der Waals surface area contributed by atoms with Gasteiger partial charge >= 0.3 is 0 Å². The van der Waals surface area contributed by atoms with Crippen LogP contribution in [0.25, 0.3) is 0 Å². The molecule has 0 aliphatic heterocycles. The van der Waals surface area contributed by atoms with Crippen molar-refractivity contribution in [3.05, 3.63) is 16.6 Å². The second-order valence-corrected chi connectivity index (χ2v) is 4.17. The van der Waals surface area contributed by atoms with E-state index in [0.29, 0.717) is 0 Å². The van der Waals surface area contributed by atoms with E-state index in [-0.39, 0.29) is 0 Å². The zero-order chi connectivity index (χ0) is 9.68. The Morgan fingerprint density at radius 2 is 2.38 bits per heavy atom. The van der Waals surface area contributed by atoms with Gasteiger partial charge in [-0.15, -0.1) is 0 Å². The first kappa shape index (κ1) is 10.6. The van der Waals surface area contributed by atoms with Gasteiger partial charge in [0, 0.05) is 25.1 Å².